The third-order valence-electron chi connectivity index (χ3n) is 2.85. The van der Waals surface area contributed by atoms with Crippen LogP contribution in [-0.2, 0) is 14.3 Å². The van der Waals surface area contributed by atoms with Gasteiger partial charge in [-0.1, -0.05) is 20.8 Å². The van der Waals surface area contributed by atoms with E-state index in [1.807, 2.05) is 25.7 Å². The monoisotopic (exact) mass is 258 g/mol. The maximum atomic E-state index is 11.8. The van der Waals surface area contributed by atoms with E-state index in [9.17, 15) is 9.59 Å². The van der Waals surface area contributed by atoms with Crippen molar-refractivity contribution in [3.63, 3.8) is 0 Å². The van der Waals surface area contributed by atoms with Crippen molar-refractivity contribution in [3.05, 3.63) is 0 Å². The van der Waals surface area contributed by atoms with Gasteiger partial charge in [-0.3, -0.25) is 14.5 Å². The molecule has 0 saturated carbocycles. The van der Waals surface area contributed by atoms with E-state index in [1.165, 1.54) is 6.92 Å². The van der Waals surface area contributed by atoms with Crippen LogP contribution >= 0.6 is 0 Å². The Bertz CT molecular complexity index is 267. The van der Waals surface area contributed by atoms with Gasteiger partial charge in [0.2, 0.25) is 5.91 Å². The summed E-state index contributed by atoms with van der Waals surface area (Å²) in [5.74, 6) is 0.000597. The fourth-order valence-electron chi connectivity index (χ4n) is 1.73. The van der Waals surface area contributed by atoms with Gasteiger partial charge in [0.25, 0.3) is 0 Å². The van der Waals surface area contributed by atoms with Crippen molar-refractivity contribution in [2.45, 2.75) is 33.7 Å². The van der Waals surface area contributed by atoms with E-state index in [-0.39, 0.29) is 17.6 Å². The Morgan fingerprint density at radius 3 is 2.33 bits per heavy atom. The number of nitrogens with one attached hydrogen (secondary N) is 1. The fourth-order valence-corrected chi connectivity index (χ4v) is 1.73. The Morgan fingerprint density at radius 1 is 1.33 bits per heavy atom. The SMILES string of the molecule is CCN(CCOC)CC(=O)NC(C(C)=O)C(C)C. The highest BCUT2D eigenvalue weighted by Crippen LogP contribution is 2.02. The summed E-state index contributed by atoms with van der Waals surface area (Å²) in [6, 6.07) is -0.390. The summed E-state index contributed by atoms with van der Waals surface area (Å²) in [4.78, 5) is 25.2. The number of amides is 1. The lowest BCUT2D eigenvalue weighted by Gasteiger charge is -2.23. The maximum Gasteiger partial charge on any atom is 0.234 e. The van der Waals surface area contributed by atoms with Crippen LogP contribution in [0.1, 0.15) is 27.7 Å². The lowest BCUT2D eigenvalue weighted by molar-refractivity contribution is -0.128. The number of carbonyl (C=O) groups excluding carboxylic acids is 2. The van der Waals surface area contributed by atoms with Crippen molar-refractivity contribution in [3.8, 4) is 0 Å². The minimum Gasteiger partial charge on any atom is -0.383 e. The largest absolute Gasteiger partial charge is 0.383 e. The minimum atomic E-state index is -0.390. The quantitative estimate of drug-likeness (QED) is 0.661. The summed E-state index contributed by atoms with van der Waals surface area (Å²) in [6.45, 7) is 9.75. The summed E-state index contributed by atoms with van der Waals surface area (Å²) in [7, 11) is 1.64. The smallest absolute Gasteiger partial charge is 0.234 e. The van der Waals surface area contributed by atoms with Crippen molar-refractivity contribution in [1.82, 2.24) is 10.2 Å². The molecule has 0 aliphatic rings. The van der Waals surface area contributed by atoms with Gasteiger partial charge in [0.15, 0.2) is 5.78 Å². The first-order valence-corrected chi connectivity index (χ1v) is 6.43. The molecular weight excluding hydrogens is 232 g/mol. The average molecular weight is 258 g/mol. The van der Waals surface area contributed by atoms with Crippen LogP contribution < -0.4 is 5.32 Å². The van der Waals surface area contributed by atoms with Crippen LogP contribution in [0.4, 0.5) is 0 Å². The molecule has 0 aliphatic carbocycles. The Morgan fingerprint density at radius 2 is 1.94 bits per heavy atom. The average Bonchev–Trinajstić information content (AvgIpc) is 2.30. The third kappa shape index (κ3) is 6.71. The van der Waals surface area contributed by atoms with Gasteiger partial charge in [-0.05, 0) is 19.4 Å². The van der Waals surface area contributed by atoms with E-state index in [2.05, 4.69) is 5.32 Å². The maximum absolute atomic E-state index is 11.8. The summed E-state index contributed by atoms with van der Waals surface area (Å²) < 4.78 is 4.99. The second-order valence-electron chi connectivity index (χ2n) is 4.76. The standard InChI is InChI=1S/C13H26N2O3/c1-6-15(7-8-18-5)9-12(17)14-13(10(2)3)11(4)16/h10,13H,6-9H2,1-5H3,(H,14,17). The minimum absolute atomic E-state index is 0.00158. The zero-order valence-electron chi connectivity index (χ0n) is 12.2. The molecule has 1 atom stereocenters. The highest BCUT2D eigenvalue weighted by Gasteiger charge is 2.21. The fraction of sp³-hybridized carbons (Fsp3) is 0.846. The highest BCUT2D eigenvalue weighted by atomic mass is 16.5. The molecule has 0 aromatic heterocycles. The topological polar surface area (TPSA) is 58.6 Å². The van der Waals surface area contributed by atoms with E-state index in [0.29, 0.717) is 19.7 Å². The van der Waals surface area contributed by atoms with Gasteiger partial charge in [-0.15, -0.1) is 0 Å². The van der Waals surface area contributed by atoms with Crippen LogP contribution in [0.25, 0.3) is 0 Å². The number of hydrogen-bond donors (Lipinski definition) is 1. The number of hydrogen-bond acceptors (Lipinski definition) is 4. The Balaban J connectivity index is 4.25. The molecule has 1 unspecified atom stereocenters. The van der Waals surface area contributed by atoms with Crippen molar-refractivity contribution in [2.24, 2.45) is 5.92 Å². The van der Waals surface area contributed by atoms with Crippen LogP contribution in [0.2, 0.25) is 0 Å². The van der Waals surface area contributed by atoms with Gasteiger partial charge in [-0.2, -0.15) is 0 Å². The molecule has 106 valence electrons. The number of Topliss-reactive ketones (excluding diaryl/α,β-unsaturated/α-hetero) is 1. The zero-order valence-corrected chi connectivity index (χ0v) is 12.2. The molecule has 0 heterocycles. The molecule has 0 radical (unpaired) electrons. The molecule has 0 bridgehead atoms. The Hall–Kier alpha value is -0.940. The number of methoxy groups -OCH3 is 1. The lowest BCUT2D eigenvalue weighted by atomic mass is 10.0. The van der Waals surface area contributed by atoms with E-state index in [1.54, 1.807) is 7.11 Å². The molecule has 18 heavy (non-hydrogen) atoms. The number of ketones is 1. The second kappa shape index (κ2) is 9.05. The number of nitrogens with zero attached hydrogens (tertiary/aromatic N) is 1. The van der Waals surface area contributed by atoms with Gasteiger partial charge in [-0.25, -0.2) is 0 Å². The summed E-state index contributed by atoms with van der Waals surface area (Å²) in [6.07, 6.45) is 0. The molecule has 0 fully saturated rings. The summed E-state index contributed by atoms with van der Waals surface area (Å²) in [5.41, 5.74) is 0. The lowest BCUT2D eigenvalue weighted by Crippen LogP contribution is -2.47. The molecule has 0 aromatic carbocycles. The number of ether oxygens (including phenoxy) is 1. The number of likely N-dealkylation sites (N-methyl/N-ethyl adjacent to an activating group) is 1. The van der Waals surface area contributed by atoms with Crippen LogP contribution in [0.3, 0.4) is 0 Å². The highest BCUT2D eigenvalue weighted by molar-refractivity contribution is 5.88. The molecule has 0 aliphatic heterocycles. The summed E-state index contributed by atoms with van der Waals surface area (Å²) >= 11 is 0. The molecule has 5 nitrogen and oxygen atoms in total. The first-order valence-electron chi connectivity index (χ1n) is 6.43. The van der Waals surface area contributed by atoms with Crippen molar-refractivity contribution in [1.29, 1.82) is 0 Å². The predicted molar refractivity (Wildman–Crippen MR) is 71.4 cm³/mol. The molecule has 0 saturated heterocycles. The van der Waals surface area contributed by atoms with E-state index < -0.39 is 6.04 Å². The van der Waals surface area contributed by atoms with E-state index in [0.717, 1.165) is 6.54 Å². The van der Waals surface area contributed by atoms with Gasteiger partial charge in [0, 0.05) is 13.7 Å². The van der Waals surface area contributed by atoms with Gasteiger partial charge >= 0.3 is 0 Å². The molecule has 0 spiro atoms. The van der Waals surface area contributed by atoms with Crippen LogP contribution in [0.15, 0.2) is 0 Å². The van der Waals surface area contributed by atoms with Crippen molar-refractivity contribution in [2.75, 3.05) is 33.4 Å². The molecule has 1 amide bonds. The normalized spacial score (nSPS) is 12.8. The van der Waals surface area contributed by atoms with E-state index >= 15 is 0 Å². The Kier molecular flexibility index (Phi) is 8.58. The first kappa shape index (κ1) is 17.1. The molecule has 5 heteroatoms. The zero-order chi connectivity index (χ0) is 14.1. The van der Waals surface area contributed by atoms with Crippen LogP contribution in [0.5, 0.6) is 0 Å². The van der Waals surface area contributed by atoms with Crippen molar-refractivity contribution >= 4 is 11.7 Å². The first-order chi connectivity index (χ1) is 8.42. The molecular formula is C13H26N2O3. The van der Waals surface area contributed by atoms with Crippen molar-refractivity contribution < 1.29 is 14.3 Å². The predicted octanol–water partition coefficient (Wildman–Crippen LogP) is 0.685. The van der Waals surface area contributed by atoms with E-state index in [4.69, 9.17) is 4.74 Å². The second-order valence-corrected chi connectivity index (χ2v) is 4.76. The molecule has 1 N–H and O–H groups in total. The van der Waals surface area contributed by atoms with Crippen LogP contribution in [-0.4, -0.2) is 56.0 Å². The van der Waals surface area contributed by atoms with Gasteiger partial charge in [0.05, 0.1) is 19.2 Å². The summed E-state index contributed by atoms with van der Waals surface area (Å²) in [5, 5.41) is 2.79. The third-order valence-corrected chi connectivity index (χ3v) is 2.85. The van der Waals surface area contributed by atoms with Crippen LogP contribution in [0, 0.1) is 5.92 Å². The molecule has 0 rings (SSSR count). The number of carbonyl (C=O) groups is 2. The molecule has 0 aromatic rings. The van der Waals surface area contributed by atoms with Gasteiger partial charge in [0.1, 0.15) is 0 Å². The van der Waals surface area contributed by atoms with Gasteiger partial charge < -0.3 is 10.1 Å². The number of rotatable bonds is 9. The Labute approximate surface area is 110 Å².